The van der Waals surface area contributed by atoms with Gasteiger partial charge in [-0.15, -0.1) is 0 Å². The summed E-state index contributed by atoms with van der Waals surface area (Å²) in [5.74, 6) is 0. The van der Waals surface area contributed by atoms with Crippen LogP contribution < -0.4 is 10.6 Å². The Bertz CT molecular complexity index is 628. The molecule has 5 nitrogen and oxygen atoms in total. The van der Waals surface area contributed by atoms with Crippen molar-refractivity contribution in [3.05, 3.63) is 36.0 Å². The maximum atomic E-state index is 11.7. The molecule has 1 aromatic carbocycles. The number of para-hydroxylation sites is 1. The van der Waals surface area contributed by atoms with Crippen LogP contribution in [0.2, 0.25) is 0 Å². The molecule has 0 fully saturated rings. The van der Waals surface area contributed by atoms with Crippen LogP contribution in [0.4, 0.5) is 4.79 Å². The third kappa shape index (κ3) is 4.24. The number of amides is 2. The molecule has 0 aliphatic carbocycles. The maximum Gasteiger partial charge on any atom is 0.314 e. The van der Waals surface area contributed by atoms with Gasteiger partial charge >= 0.3 is 6.03 Å². The molecule has 120 valence electrons. The van der Waals surface area contributed by atoms with Gasteiger partial charge in [0, 0.05) is 30.2 Å². The number of aromatic nitrogens is 1. The summed E-state index contributed by atoms with van der Waals surface area (Å²) in [6, 6.07) is 7.86. The van der Waals surface area contributed by atoms with Crippen LogP contribution in [0, 0.1) is 5.41 Å². The van der Waals surface area contributed by atoms with Crippen LogP contribution in [-0.4, -0.2) is 35.3 Å². The minimum Gasteiger partial charge on any atom is -0.391 e. The molecule has 1 aromatic heterocycles. The van der Waals surface area contributed by atoms with E-state index in [1.54, 1.807) is 0 Å². The molecule has 1 heterocycles. The molecular formula is C17H25N3O2. The van der Waals surface area contributed by atoms with E-state index in [0.29, 0.717) is 6.54 Å². The lowest BCUT2D eigenvalue weighted by molar-refractivity contribution is 0.0650. The molecule has 22 heavy (non-hydrogen) atoms. The Balaban J connectivity index is 1.75. The fourth-order valence-electron chi connectivity index (χ4n) is 2.21. The first-order valence-corrected chi connectivity index (χ1v) is 7.62. The molecule has 0 saturated heterocycles. The van der Waals surface area contributed by atoms with Gasteiger partial charge in [0.15, 0.2) is 0 Å². The predicted octanol–water partition coefficient (Wildman–Crippen LogP) is 2.42. The number of fused-ring (bicyclic) bond motifs is 1. The van der Waals surface area contributed by atoms with Crippen LogP contribution in [0.25, 0.3) is 10.9 Å². The highest BCUT2D eigenvalue weighted by atomic mass is 16.3. The number of nitrogens with one attached hydrogen (secondary N) is 3. The lowest BCUT2D eigenvalue weighted by Gasteiger charge is -2.25. The third-order valence-corrected chi connectivity index (χ3v) is 3.81. The van der Waals surface area contributed by atoms with Crippen molar-refractivity contribution in [3.8, 4) is 0 Å². The van der Waals surface area contributed by atoms with Crippen LogP contribution in [0.5, 0.6) is 0 Å². The number of hydrogen-bond acceptors (Lipinski definition) is 2. The molecule has 2 aromatic rings. The van der Waals surface area contributed by atoms with Gasteiger partial charge in [-0.25, -0.2) is 4.79 Å². The Kier molecular flexibility index (Phi) is 5.08. The number of carbonyl (C=O) groups excluding carboxylic acids is 1. The summed E-state index contributed by atoms with van der Waals surface area (Å²) >= 11 is 0. The Hall–Kier alpha value is -2.01. The van der Waals surface area contributed by atoms with E-state index in [1.165, 1.54) is 10.9 Å². The zero-order valence-electron chi connectivity index (χ0n) is 13.4. The Morgan fingerprint density at radius 1 is 1.27 bits per heavy atom. The number of rotatable bonds is 5. The van der Waals surface area contributed by atoms with Crippen LogP contribution in [0.15, 0.2) is 30.5 Å². The minimum absolute atomic E-state index is 0.239. The number of aromatic amines is 1. The van der Waals surface area contributed by atoms with Gasteiger partial charge in [0.25, 0.3) is 0 Å². The van der Waals surface area contributed by atoms with Gasteiger partial charge in [0.2, 0.25) is 0 Å². The van der Waals surface area contributed by atoms with Gasteiger partial charge < -0.3 is 20.7 Å². The van der Waals surface area contributed by atoms with Gasteiger partial charge in [0.05, 0.1) is 6.10 Å². The second-order valence-corrected chi connectivity index (χ2v) is 6.63. The molecule has 0 aliphatic rings. The summed E-state index contributed by atoms with van der Waals surface area (Å²) in [4.78, 5) is 14.9. The topological polar surface area (TPSA) is 77.2 Å². The lowest BCUT2D eigenvalue weighted by Crippen LogP contribution is -2.44. The van der Waals surface area contributed by atoms with Crippen LogP contribution in [0.3, 0.4) is 0 Å². The van der Waals surface area contributed by atoms with Crippen molar-refractivity contribution in [2.45, 2.75) is 33.3 Å². The number of carbonyl (C=O) groups is 1. The summed E-state index contributed by atoms with van der Waals surface area (Å²) in [7, 11) is 0. The Morgan fingerprint density at radius 2 is 2.00 bits per heavy atom. The standard InChI is InChI=1S/C17H25N3O2/c1-17(2,3)15(21)11-20-16(22)18-9-8-12-10-19-14-7-5-4-6-13(12)14/h4-7,10,15,19,21H,8-9,11H2,1-3H3,(H2,18,20,22). The van der Waals surface area contributed by atoms with Crippen molar-refractivity contribution in [1.82, 2.24) is 15.6 Å². The molecule has 0 radical (unpaired) electrons. The zero-order chi connectivity index (χ0) is 16.2. The molecule has 1 atom stereocenters. The minimum atomic E-state index is -0.563. The highest BCUT2D eigenvalue weighted by molar-refractivity contribution is 5.83. The van der Waals surface area contributed by atoms with Gasteiger partial charge in [-0.1, -0.05) is 39.0 Å². The molecule has 0 bridgehead atoms. The predicted molar refractivity (Wildman–Crippen MR) is 88.9 cm³/mol. The fraction of sp³-hybridized carbons (Fsp3) is 0.471. The molecular weight excluding hydrogens is 278 g/mol. The number of aliphatic hydroxyl groups excluding tert-OH is 1. The normalized spacial score (nSPS) is 13.1. The molecule has 1 unspecified atom stereocenters. The SMILES string of the molecule is CC(C)(C)C(O)CNC(=O)NCCc1c[nH]c2ccccc12. The molecule has 0 saturated carbocycles. The first kappa shape index (κ1) is 16.4. The van der Waals surface area contributed by atoms with E-state index < -0.39 is 6.10 Å². The highest BCUT2D eigenvalue weighted by Gasteiger charge is 2.22. The Labute approximate surface area is 131 Å². The second kappa shape index (κ2) is 6.83. The average molecular weight is 303 g/mol. The number of H-pyrrole nitrogens is 1. The van der Waals surface area contributed by atoms with Crippen molar-refractivity contribution in [3.63, 3.8) is 0 Å². The largest absolute Gasteiger partial charge is 0.391 e. The summed E-state index contributed by atoms with van der Waals surface area (Å²) in [5, 5.41) is 16.6. The van der Waals surface area contributed by atoms with Crippen molar-refractivity contribution < 1.29 is 9.90 Å². The van der Waals surface area contributed by atoms with Crippen molar-refractivity contribution in [1.29, 1.82) is 0 Å². The van der Waals surface area contributed by atoms with Crippen LogP contribution in [-0.2, 0) is 6.42 Å². The van der Waals surface area contributed by atoms with Gasteiger partial charge in [-0.2, -0.15) is 0 Å². The van der Waals surface area contributed by atoms with Gasteiger partial charge in [-0.3, -0.25) is 0 Å². The number of benzene rings is 1. The first-order chi connectivity index (χ1) is 10.4. The van der Waals surface area contributed by atoms with E-state index in [2.05, 4.69) is 21.7 Å². The fourth-order valence-corrected chi connectivity index (χ4v) is 2.21. The van der Waals surface area contributed by atoms with Gasteiger partial charge in [0.1, 0.15) is 0 Å². The molecule has 2 amide bonds. The summed E-state index contributed by atoms with van der Waals surface area (Å²) in [6.07, 6.45) is 2.18. The van der Waals surface area contributed by atoms with Gasteiger partial charge in [-0.05, 0) is 23.5 Å². The summed E-state index contributed by atoms with van der Waals surface area (Å²) in [5.41, 5.74) is 2.05. The second-order valence-electron chi connectivity index (χ2n) is 6.63. The van der Waals surface area contributed by atoms with Crippen molar-refractivity contribution in [2.24, 2.45) is 5.41 Å². The quantitative estimate of drug-likeness (QED) is 0.684. The first-order valence-electron chi connectivity index (χ1n) is 7.62. The smallest absolute Gasteiger partial charge is 0.314 e. The van der Waals surface area contributed by atoms with E-state index in [0.717, 1.165) is 11.9 Å². The van der Waals surface area contributed by atoms with E-state index in [-0.39, 0.29) is 18.0 Å². The number of urea groups is 1. The molecule has 0 spiro atoms. The van der Waals surface area contributed by atoms with Crippen LogP contribution in [0.1, 0.15) is 26.3 Å². The van der Waals surface area contributed by atoms with E-state index >= 15 is 0 Å². The van der Waals surface area contributed by atoms with E-state index in [4.69, 9.17) is 0 Å². The summed E-state index contributed by atoms with van der Waals surface area (Å²) < 4.78 is 0. The zero-order valence-corrected chi connectivity index (χ0v) is 13.4. The van der Waals surface area contributed by atoms with E-state index in [9.17, 15) is 9.90 Å². The number of hydrogen-bond donors (Lipinski definition) is 4. The van der Waals surface area contributed by atoms with Crippen LogP contribution >= 0.6 is 0 Å². The van der Waals surface area contributed by atoms with E-state index in [1.807, 2.05) is 45.2 Å². The molecule has 2 rings (SSSR count). The summed E-state index contributed by atoms with van der Waals surface area (Å²) in [6.45, 7) is 6.62. The monoisotopic (exact) mass is 303 g/mol. The maximum absolute atomic E-state index is 11.7. The number of aliphatic hydroxyl groups is 1. The van der Waals surface area contributed by atoms with Crippen molar-refractivity contribution in [2.75, 3.05) is 13.1 Å². The third-order valence-electron chi connectivity index (χ3n) is 3.81. The average Bonchev–Trinajstić information content (AvgIpc) is 2.87. The lowest BCUT2D eigenvalue weighted by atomic mass is 9.89. The molecule has 5 heteroatoms. The van der Waals surface area contributed by atoms with Crippen molar-refractivity contribution >= 4 is 16.9 Å². The Morgan fingerprint density at radius 3 is 2.73 bits per heavy atom. The molecule has 4 N–H and O–H groups in total. The molecule has 0 aliphatic heterocycles. The highest BCUT2D eigenvalue weighted by Crippen LogP contribution is 2.18.